The summed E-state index contributed by atoms with van der Waals surface area (Å²) in [5.74, 6) is 0.625. The van der Waals surface area contributed by atoms with Gasteiger partial charge in [0.05, 0.1) is 18.0 Å². The Morgan fingerprint density at radius 3 is 2.86 bits per heavy atom. The highest BCUT2D eigenvalue weighted by Gasteiger charge is 2.33. The van der Waals surface area contributed by atoms with Gasteiger partial charge in [-0.15, -0.1) is 10.2 Å². The first kappa shape index (κ1) is 17.0. The van der Waals surface area contributed by atoms with Crippen molar-refractivity contribution in [2.75, 3.05) is 20.1 Å². The van der Waals surface area contributed by atoms with Gasteiger partial charge >= 0.3 is 0 Å². The fourth-order valence-corrected chi connectivity index (χ4v) is 4.72. The Kier molecular flexibility index (Phi) is 3.68. The Balaban J connectivity index is 1.53. The second kappa shape index (κ2) is 6.29. The van der Waals surface area contributed by atoms with Crippen molar-refractivity contribution in [3.05, 3.63) is 36.4 Å². The largest absolute Gasteiger partial charge is 0.506 e. The maximum absolute atomic E-state index is 10.9. The van der Waals surface area contributed by atoms with Gasteiger partial charge in [0.2, 0.25) is 0 Å². The van der Waals surface area contributed by atoms with Gasteiger partial charge in [0.25, 0.3) is 0 Å². The molecule has 2 aliphatic rings. The minimum absolute atomic E-state index is 0.195. The average molecular weight is 389 g/mol. The smallest absolute Gasteiger partial charge is 0.183 e. The molecular formula is C22H23N5O2. The number of imidazole rings is 1. The molecule has 0 unspecified atom stereocenters. The molecule has 148 valence electrons. The van der Waals surface area contributed by atoms with Crippen LogP contribution in [0.15, 0.2) is 35.2 Å². The van der Waals surface area contributed by atoms with E-state index in [1.807, 2.05) is 18.5 Å². The first-order chi connectivity index (χ1) is 14.2. The Morgan fingerprint density at radius 2 is 2.03 bits per heavy atom. The van der Waals surface area contributed by atoms with Crippen LogP contribution in [0, 0.1) is 0 Å². The van der Waals surface area contributed by atoms with Gasteiger partial charge in [-0.1, -0.05) is 0 Å². The Labute approximate surface area is 168 Å². The number of rotatable bonds is 3. The van der Waals surface area contributed by atoms with Crippen LogP contribution < -0.4 is 0 Å². The summed E-state index contributed by atoms with van der Waals surface area (Å²) < 4.78 is 7.61. The highest BCUT2D eigenvalue weighted by Crippen LogP contribution is 2.48. The van der Waals surface area contributed by atoms with Crippen LogP contribution in [0.1, 0.15) is 43.2 Å². The topological polar surface area (TPSA) is 80.2 Å². The summed E-state index contributed by atoms with van der Waals surface area (Å²) in [5.41, 5.74) is 5.01. The van der Waals surface area contributed by atoms with Gasteiger partial charge < -0.3 is 19.0 Å². The number of likely N-dealkylation sites (N-methyl/N-ethyl adjacent to an activating group) is 1. The minimum Gasteiger partial charge on any atom is -0.506 e. The van der Waals surface area contributed by atoms with E-state index >= 15 is 0 Å². The van der Waals surface area contributed by atoms with Gasteiger partial charge in [-0.3, -0.25) is 0 Å². The molecule has 6 rings (SSSR count). The molecule has 4 heterocycles. The van der Waals surface area contributed by atoms with Crippen molar-refractivity contribution in [2.45, 2.75) is 37.6 Å². The van der Waals surface area contributed by atoms with Crippen molar-refractivity contribution in [2.24, 2.45) is 0 Å². The lowest BCUT2D eigenvalue weighted by atomic mass is 10.00. The molecule has 29 heavy (non-hydrogen) atoms. The lowest BCUT2D eigenvalue weighted by Crippen LogP contribution is -2.33. The number of phenolic OH excluding ortho intramolecular Hbond substituents is 1. The van der Waals surface area contributed by atoms with Gasteiger partial charge in [-0.25, -0.2) is 4.98 Å². The van der Waals surface area contributed by atoms with Crippen LogP contribution in [0.25, 0.3) is 33.4 Å². The van der Waals surface area contributed by atoms with Gasteiger partial charge in [-0.2, -0.15) is 0 Å². The van der Waals surface area contributed by atoms with Crippen LogP contribution in [0.2, 0.25) is 0 Å². The maximum Gasteiger partial charge on any atom is 0.183 e. The summed E-state index contributed by atoms with van der Waals surface area (Å²) in [6.07, 6.45) is 8.09. The molecule has 1 aliphatic carbocycles. The van der Waals surface area contributed by atoms with Crippen molar-refractivity contribution in [1.29, 1.82) is 0 Å². The van der Waals surface area contributed by atoms with Gasteiger partial charge in [-0.05, 0) is 63.4 Å². The highest BCUT2D eigenvalue weighted by molar-refractivity contribution is 5.93. The molecule has 1 aromatic carbocycles. The van der Waals surface area contributed by atoms with Gasteiger partial charge in [0, 0.05) is 23.7 Å². The molecule has 1 atom stereocenters. The summed E-state index contributed by atoms with van der Waals surface area (Å²) in [6.45, 7) is 2.15. The lowest BCUT2D eigenvalue weighted by molar-refractivity contribution is 0.214. The number of fused-ring (bicyclic) bond motifs is 2. The SMILES string of the molecule is CN1CCC[C@@H](n2cnc3c(C4CC4)c(-c4ccc5occc5c4O)nnc32)C1. The van der Waals surface area contributed by atoms with Crippen molar-refractivity contribution < 1.29 is 9.52 Å². The summed E-state index contributed by atoms with van der Waals surface area (Å²) in [5, 5.41) is 20.8. The number of piperidine rings is 1. The lowest BCUT2D eigenvalue weighted by Gasteiger charge is -2.30. The molecule has 2 fully saturated rings. The molecule has 7 heteroatoms. The van der Waals surface area contributed by atoms with Crippen LogP contribution in [-0.2, 0) is 0 Å². The number of likely N-dealkylation sites (tertiary alicyclic amines) is 1. The van der Waals surface area contributed by atoms with E-state index in [0.29, 0.717) is 28.5 Å². The number of hydrogen-bond acceptors (Lipinski definition) is 6. The Morgan fingerprint density at radius 1 is 1.14 bits per heavy atom. The van der Waals surface area contributed by atoms with E-state index in [1.165, 1.54) is 6.42 Å². The second-order valence-corrected chi connectivity index (χ2v) is 8.41. The molecule has 1 N–H and O–H groups in total. The number of hydrogen-bond donors (Lipinski definition) is 1. The minimum atomic E-state index is 0.195. The van der Waals surface area contributed by atoms with Crippen molar-refractivity contribution >= 4 is 22.1 Å². The number of benzene rings is 1. The zero-order valence-corrected chi connectivity index (χ0v) is 16.4. The number of phenols is 1. The van der Waals surface area contributed by atoms with E-state index in [2.05, 4.69) is 26.7 Å². The fraction of sp³-hybridized carbons (Fsp3) is 0.409. The molecule has 1 saturated heterocycles. The fourth-order valence-electron chi connectivity index (χ4n) is 4.72. The molecule has 3 aromatic heterocycles. The first-order valence-corrected chi connectivity index (χ1v) is 10.3. The molecule has 7 nitrogen and oxygen atoms in total. The number of furan rings is 1. The van der Waals surface area contributed by atoms with Crippen molar-refractivity contribution in [3.8, 4) is 17.0 Å². The van der Waals surface area contributed by atoms with Crippen molar-refractivity contribution in [1.82, 2.24) is 24.6 Å². The van der Waals surface area contributed by atoms with Gasteiger partial charge in [0.1, 0.15) is 22.5 Å². The molecule has 0 bridgehead atoms. The number of nitrogens with zero attached hydrogens (tertiary/aromatic N) is 5. The second-order valence-electron chi connectivity index (χ2n) is 8.41. The van der Waals surface area contributed by atoms with E-state index in [0.717, 1.165) is 54.8 Å². The molecule has 0 spiro atoms. The first-order valence-electron chi connectivity index (χ1n) is 10.3. The van der Waals surface area contributed by atoms with E-state index in [4.69, 9.17) is 9.40 Å². The van der Waals surface area contributed by atoms with Crippen LogP contribution in [0.3, 0.4) is 0 Å². The molecule has 4 aromatic rings. The zero-order valence-electron chi connectivity index (χ0n) is 16.4. The standard InChI is InChI=1S/C22H23N5O2/c1-26-9-2-3-14(11-26)27-12-23-20-18(13-4-5-13)19(24-25-22(20)27)16-6-7-17-15(21(16)28)8-10-29-17/h6-8,10,12-14,28H,2-5,9,11H2,1H3/t14-/m1/s1. The number of aromatic hydroxyl groups is 1. The quantitative estimate of drug-likeness (QED) is 0.568. The molecule has 0 amide bonds. The molecule has 1 saturated carbocycles. The van der Waals surface area contributed by atoms with Crippen LogP contribution in [-0.4, -0.2) is 49.9 Å². The third kappa shape index (κ3) is 2.64. The Hall–Kier alpha value is -2.93. The van der Waals surface area contributed by atoms with Crippen LogP contribution >= 0.6 is 0 Å². The van der Waals surface area contributed by atoms with E-state index < -0.39 is 0 Å². The van der Waals surface area contributed by atoms with Crippen LogP contribution in [0.4, 0.5) is 0 Å². The van der Waals surface area contributed by atoms with Crippen LogP contribution in [0.5, 0.6) is 5.75 Å². The molecular weight excluding hydrogens is 366 g/mol. The average Bonchev–Trinajstić information content (AvgIpc) is 3.28. The van der Waals surface area contributed by atoms with Gasteiger partial charge in [0.15, 0.2) is 5.65 Å². The predicted octanol–water partition coefficient (Wildman–Crippen LogP) is 4.09. The third-order valence-corrected chi connectivity index (χ3v) is 6.36. The number of aromatic nitrogens is 4. The Bertz CT molecular complexity index is 1220. The summed E-state index contributed by atoms with van der Waals surface area (Å²) >= 11 is 0. The summed E-state index contributed by atoms with van der Waals surface area (Å²) in [7, 11) is 2.17. The third-order valence-electron chi connectivity index (χ3n) is 6.36. The summed E-state index contributed by atoms with van der Waals surface area (Å²) in [4.78, 5) is 7.15. The van der Waals surface area contributed by atoms with E-state index in [1.54, 1.807) is 12.3 Å². The molecule has 0 radical (unpaired) electrons. The normalized spacial score (nSPS) is 20.7. The predicted molar refractivity (Wildman–Crippen MR) is 110 cm³/mol. The maximum atomic E-state index is 10.9. The summed E-state index contributed by atoms with van der Waals surface area (Å²) in [6, 6.07) is 5.91. The van der Waals surface area contributed by atoms with Crippen molar-refractivity contribution in [3.63, 3.8) is 0 Å². The molecule has 1 aliphatic heterocycles. The van der Waals surface area contributed by atoms with E-state index in [9.17, 15) is 5.11 Å². The van der Waals surface area contributed by atoms with E-state index in [-0.39, 0.29) is 5.75 Å². The highest BCUT2D eigenvalue weighted by atomic mass is 16.3. The monoisotopic (exact) mass is 389 g/mol. The zero-order chi connectivity index (χ0) is 19.5.